The highest BCUT2D eigenvalue weighted by atomic mass is 35.5. The van der Waals surface area contributed by atoms with E-state index in [-0.39, 0.29) is 11.6 Å². The molecule has 1 N–H and O–H groups in total. The molecule has 1 saturated heterocycles. The van der Waals surface area contributed by atoms with Gasteiger partial charge in [0.25, 0.3) is 5.91 Å². The first kappa shape index (κ1) is 20.5. The zero-order chi connectivity index (χ0) is 20.8. The molecular weight excluding hydrogens is 398 g/mol. The molecule has 2 amide bonds. The summed E-state index contributed by atoms with van der Waals surface area (Å²) in [6, 6.07) is 9.51. The summed E-state index contributed by atoms with van der Waals surface area (Å²) in [5, 5.41) is 2.69. The third-order valence-corrected chi connectivity index (χ3v) is 4.50. The second kappa shape index (κ2) is 9.29. The Hall–Kier alpha value is -3.26. The number of carbonyl (C=O) groups is 4. The minimum Gasteiger partial charge on any atom is -0.456 e. The number of pyridine rings is 1. The third-order valence-electron chi connectivity index (χ3n) is 4.27. The molecule has 1 fully saturated rings. The average Bonchev–Trinajstić information content (AvgIpc) is 3.16. The largest absolute Gasteiger partial charge is 0.456 e. The van der Waals surface area contributed by atoms with Gasteiger partial charge in [-0.2, -0.15) is 0 Å². The van der Waals surface area contributed by atoms with Crippen molar-refractivity contribution in [1.82, 2.24) is 10.3 Å². The van der Waals surface area contributed by atoms with E-state index in [1.54, 1.807) is 29.2 Å². The third kappa shape index (κ3) is 5.39. The summed E-state index contributed by atoms with van der Waals surface area (Å²) in [4.78, 5) is 53.3. The van der Waals surface area contributed by atoms with E-state index in [9.17, 15) is 19.2 Å². The summed E-state index contributed by atoms with van der Waals surface area (Å²) in [5.74, 6) is -1.74. The van der Waals surface area contributed by atoms with Gasteiger partial charge >= 0.3 is 5.97 Å². The first-order chi connectivity index (χ1) is 13.9. The maximum atomic E-state index is 12.3. The van der Waals surface area contributed by atoms with Crippen LogP contribution in [0, 0.1) is 0 Å². The van der Waals surface area contributed by atoms with Crippen molar-refractivity contribution in [2.75, 3.05) is 24.6 Å². The molecule has 1 aliphatic rings. The fourth-order valence-corrected chi connectivity index (χ4v) is 2.98. The molecule has 2 aromatic rings. The summed E-state index contributed by atoms with van der Waals surface area (Å²) in [6.07, 6.45) is 2.65. The molecule has 0 spiro atoms. The number of benzene rings is 1. The van der Waals surface area contributed by atoms with Crippen molar-refractivity contribution in [3.63, 3.8) is 0 Å². The van der Waals surface area contributed by atoms with Gasteiger partial charge in [-0.25, -0.2) is 0 Å². The molecule has 150 valence electrons. The van der Waals surface area contributed by atoms with E-state index < -0.39 is 30.8 Å². The fraction of sp³-hybridized carbons (Fsp3) is 0.250. The maximum Gasteiger partial charge on any atom is 0.325 e. The molecule has 8 nitrogen and oxygen atoms in total. The van der Waals surface area contributed by atoms with Gasteiger partial charge in [-0.1, -0.05) is 23.7 Å². The lowest BCUT2D eigenvalue weighted by molar-refractivity contribution is -0.141. The molecule has 0 radical (unpaired) electrons. The van der Waals surface area contributed by atoms with Gasteiger partial charge < -0.3 is 15.0 Å². The number of aromatic nitrogens is 1. The number of anilines is 1. The highest BCUT2D eigenvalue weighted by Crippen LogP contribution is 2.22. The number of halogens is 1. The lowest BCUT2D eigenvalue weighted by Gasteiger charge is -2.16. The summed E-state index contributed by atoms with van der Waals surface area (Å²) in [7, 11) is 0. The maximum absolute atomic E-state index is 12.3. The van der Waals surface area contributed by atoms with Gasteiger partial charge in [0.2, 0.25) is 5.91 Å². The fourth-order valence-electron chi connectivity index (χ4n) is 2.82. The quantitative estimate of drug-likeness (QED) is 0.547. The van der Waals surface area contributed by atoms with E-state index in [4.69, 9.17) is 16.3 Å². The minimum absolute atomic E-state index is 0.0194. The smallest absolute Gasteiger partial charge is 0.325 e. The number of hydrogen-bond donors (Lipinski definition) is 1. The van der Waals surface area contributed by atoms with E-state index in [1.807, 2.05) is 0 Å². The van der Waals surface area contributed by atoms with Crippen molar-refractivity contribution >= 4 is 40.9 Å². The highest BCUT2D eigenvalue weighted by molar-refractivity contribution is 6.30. The van der Waals surface area contributed by atoms with Crippen molar-refractivity contribution in [3.05, 3.63) is 58.9 Å². The van der Waals surface area contributed by atoms with E-state index in [1.165, 1.54) is 18.3 Å². The van der Waals surface area contributed by atoms with Crippen LogP contribution < -0.4 is 10.2 Å². The van der Waals surface area contributed by atoms with Gasteiger partial charge in [-0.15, -0.1) is 0 Å². The topological polar surface area (TPSA) is 106 Å². The van der Waals surface area contributed by atoms with Crippen LogP contribution in [0.25, 0.3) is 0 Å². The van der Waals surface area contributed by atoms with Crippen LogP contribution in [-0.2, 0) is 14.3 Å². The molecule has 9 heteroatoms. The lowest BCUT2D eigenvalue weighted by atomic mass is 10.1. The van der Waals surface area contributed by atoms with Crippen molar-refractivity contribution in [1.29, 1.82) is 0 Å². The Morgan fingerprint density at radius 2 is 2.03 bits per heavy atom. The van der Waals surface area contributed by atoms with Gasteiger partial charge in [0.05, 0.1) is 0 Å². The van der Waals surface area contributed by atoms with E-state index in [2.05, 4.69) is 10.3 Å². The number of nitrogens with one attached hydrogen (secondary N) is 1. The van der Waals surface area contributed by atoms with Crippen LogP contribution >= 0.6 is 11.6 Å². The molecule has 0 unspecified atom stereocenters. The number of carbonyl (C=O) groups excluding carboxylic acids is 4. The molecule has 0 atom stereocenters. The summed E-state index contributed by atoms with van der Waals surface area (Å²) in [6.45, 7) is -0.267. The molecule has 0 bridgehead atoms. The number of amides is 2. The Labute approximate surface area is 171 Å². The Morgan fingerprint density at radius 3 is 2.76 bits per heavy atom. The van der Waals surface area contributed by atoms with Crippen LogP contribution in [0.2, 0.25) is 5.02 Å². The van der Waals surface area contributed by atoms with Crippen molar-refractivity contribution in [3.8, 4) is 0 Å². The summed E-state index contributed by atoms with van der Waals surface area (Å²) < 4.78 is 4.92. The van der Waals surface area contributed by atoms with Crippen molar-refractivity contribution < 1.29 is 23.9 Å². The SMILES string of the molecule is O=C(CNC(=O)c1cc(Cl)ccn1)OCC(=O)c1cccc(N2CCCC2=O)c1. The molecule has 1 aromatic heterocycles. The number of ether oxygens (including phenoxy) is 1. The number of esters is 1. The average molecular weight is 416 g/mol. The minimum atomic E-state index is -0.764. The van der Waals surface area contributed by atoms with Gasteiger partial charge in [0, 0.05) is 35.4 Å². The second-order valence-electron chi connectivity index (χ2n) is 6.33. The monoisotopic (exact) mass is 415 g/mol. The number of Topliss-reactive ketones (excluding diaryl/α,β-unsaturated/α-hetero) is 1. The Morgan fingerprint density at radius 1 is 1.21 bits per heavy atom. The van der Waals surface area contributed by atoms with Gasteiger partial charge in [-0.3, -0.25) is 24.2 Å². The van der Waals surface area contributed by atoms with Crippen LogP contribution in [0.15, 0.2) is 42.6 Å². The zero-order valence-electron chi connectivity index (χ0n) is 15.4. The van der Waals surface area contributed by atoms with Crippen LogP contribution in [0.3, 0.4) is 0 Å². The normalized spacial score (nSPS) is 13.3. The Balaban J connectivity index is 1.49. The number of nitrogens with zero attached hydrogens (tertiary/aromatic N) is 2. The molecule has 1 aromatic carbocycles. The van der Waals surface area contributed by atoms with Gasteiger partial charge in [-0.05, 0) is 30.7 Å². The Kier molecular flexibility index (Phi) is 6.56. The summed E-state index contributed by atoms with van der Waals surface area (Å²) in [5.41, 5.74) is 1.04. The van der Waals surface area contributed by atoms with Crippen molar-refractivity contribution in [2.45, 2.75) is 12.8 Å². The molecule has 2 heterocycles. The van der Waals surface area contributed by atoms with Gasteiger partial charge in [0.15, 0.2) is 12.4 Å². The molecule has 0 aliphatic carbocycles. The summed E-state index contributed by atoms with van der Waals surface area (Å²) >= 11 is 5.78. The molecule has 29 heavy (non-hydrogen) atoms. The second-order valence-corrected chi connectivity index (χ2v) is 6.76. The van der Waals surface area contributed by atoms with Crippen LogP contribution in [-0.4, -0.2) is 48.2 Å². The predicted octanol–water partition coefficient (Wildman–Crippen LogP) is 2.02. The van der Waals surface area contributed by atoms with Gasteiger partial charge in [0.1, 0.15) is 12.2 Å². The van der Waals surface area contributed by atoms with E-state index in [0.717, 1.165) is 6.42 Å². The predicted molar refractivity (Wildman–Crippen MR) is 105 cm³/mol. The number of hydrogen-bond acceptors (Lipinski definition) is 6. The van der Waals surface area contributed by atoms with Crippen LogP contribution in [0.4, 0.5) is 5.69 Å². The number of ketones is 1. The van der Waals surface area contributed by atoms with Crippen LogP contribution in [0.5, 0.6) is 0 Å². The lowest BCUT2D eigenvalue weighted by Crippen LogP contribution is -2.32. The molecule has 3 rings (SSSR count). The first-order valence-corrected chi connectivity index (χ1v) is 9.31. The molecule has 1 aliphatic heterocycles. The first-order valence-electron chi connectivity index (χ1n) is 8.93. The Bertz CT molecular complexity index is 963. The number of rotatable bonds is 7. The molecule has 0 saturated carbocycles. The van der Waals surface area contributed by atoms with E-state index >= 15 is 0 Å². The van der Waals surface area contributed by atoms with E-state index in [0.29, 0.717) is 29.2 Å². The standard InChI is InChI=1S/C20H18ClN3O5/c21-14-6-7-22-16(10-14)20(28)23-11-19(27)29-12-17(25)13-3-1-4-15(9-13)24-8-2-5-18(24)26/h1,3-4,6-7,9-10H,2,5,8,11-12H2,(H,23,28). The van der Waals surface area contributed by atoms with Crippen LogP contribution in [0.1, 0.15) is 33.7 Å². The highest BCUT2D eigenvalue weighted by Gasteiger charge is 2.22. The molecular formula is C20H18ClN3O5. The zero-order valence-corrected chi connectivity index (χ0v) is 16.1. The van der Waals surface area contributed by atoms with Crippen molar-refractivity contribution in [2.24, 2.45) is 0 Å².